The number of ether oxygens (including phenoxy) is 2. The fraction of sp³-hybridized carbons (Fsp3) is 0.306. The standard InChI is InChI=1S/C36H37N3O5/c1-23-6-4-8-26(18-23)27-10-12-32-31(20-27)24(2)34(44-32)35(40)38-29-11-13-33(37-21-29)39-16-14-30(15-17-39)43-22-25-7-5-9-28(19-25)36(41)42-3/h4-13,18-20,29-30H,14-17,21-22H2,1-3H3,(H,38,40). The highest BCUT2D eigenvalue weighted by atomic mass is 16.5. The fourth-order valence-corrected chi connectivity index (χ4v) is 5.85. The maximum absolute atomic E-state index is 13.2. The predicted octanol–water partition coefficient (Wildman–Crippen LogP) is 6.25. The first-order valence-electron chi connectivity index (χ1n) is 15.1. The minimum absolute atomic E-state index is 0.146. The van der Waals surface area contributed by atoms with Gasteiger partial charge in [0.2, 0.25) is 0 Å². The van der Waals surface area contributed by atoms with Crippen LogP contribution in [0.1, 0.15) is 50.4 Å². The molecular weight excluding hydrogens is 554 g/mol. The lowest BCUT2D eigenvalue weighted by atomic mass is 10.0. The number of carbonyl (C=O) groups excluding carboxylic acids is 2. The zero-order chi connectivity index (χ0) is 30.6. The van der Waals surface area contributed by atoms with E-state index in [1.165, 1.54) is 12.7 Å². The molecule has 6 rings (SSSR count). The number of amidine groups is 1. The minimum Gasteiger partial charge on any atom is -0.465 e. The normalized spacial score (nSPS) is 17.0. The molecule has 4 aromatic rings. The number of likely N-dealkylation sites (tertiary alicyclic amines) is 1. The highest BCUT2D eigenvalue weighted by Crippen LogP contribution is 2.31. The number of benzene rings is 3. The van der Waals surface area contributed by atoms with Crippen molar-refractivity contribution in [2.45, 2.75) is 45.4 Å². The SMILES string of the molecule is COC(=O)c1cccc(COC2CCN(C3=NCC(NC(=O)c4oc5ccc(-c6cccc(C)c6)cc5c4C)C=C3)CC2)c1. The molecule has 0 aliphatic carbocycles. The Morgan fingerprint density at radius 1 is 1.00 bits per heavy atom. The van der Waals surface area contributed by atoms with Crippen LogP contribution in [0.4, 0.5) is 0 Å². The second-order valence-electron chi connectivity index (χ2n) is 11.5. The molecular formula is C36H37N3O5. The Morgan fingerprint density at radius 3 is 2.55 bits per heavy atom. The molecule has 0 bridgehead atoms. The van der Waals surface area contributed by atoms with Crippen molar-refractivity contribution in [3.8, 4) is 11.1 Å². The van der Waals surface area contributed by atoms with Gasteiger partial charge < -0.3 is 24.1 Å². The molecule has 2 aliphatic heterocycles. The summed E-state index contributed by atoms with van der Waals surface area (Å²) in [4.78, 5) is 32.1. The van der Waals surface area contributed by atoms with Crippen LogP contribution in [0.2, 0.25) is 0 Å². The number of carbonyl (C=O) groups is 2. The van der Waals surface area contributed by atoms with E-state index in [1.54, 1.807) is 6.07 Å². The number of hydrogen-bond acceptors (Lipinski definition) is 7. The lowest BCUT2D eigenvalue weighted by Gasteiger charge is -2.34. The van der Waals surface area contributed by atoms with Gasteiger partial charge in [0, 0.05) is 24.0 Å². The van der Waals surface area contributed by atoms with Gasteiger partial charge in [-0.25, -0.2) is 4.79 Å². The van der Waals surface area contributed by atoms with Crippen molar-refractivity contribution < 1.29 is 23.5 Å². The Hall–Kier alpha value is -4.69. The van der Waals surface area contributed by atoms with Crippen molar-refractivity contribution in [2.75, 3.05) is 26.7 Å². The summed E-state index contributed by atoms with van der Waals surface area (Å²) in [7, 11) is 1.38. The number of methoxy groups -OCH3 is 1. The molecule has 3 heterocycles. The predicted molar refractivity (Wildman–Crippen MR) is 171 cm³/mol. The summed E-state index contributed by atoms with van der Waals surface area (Å²) in [6, 6.07) is 21.6. The van der Waals surface area contributed by atoms with Crippen LogP contribution in [-0.4, -0.2) is 61.5 Å². The molecule has 2 aliphatic rings. The van der Waals surface area contributed by atoms with Gasteiger partial charge in [0.25, 0.3) is 5.91 Å². The smallest absolute Gasteiger partial charge is 0.337 e. The number of aliphatic imine (C=N–C) groups is 1. The molecule has 44 heavy (non-hydrogen) atoms. The summed E-state index contributed by atoms with van der Waals surface area (Å²) in [5.41, 5.74) is 6.44. The van der Waals surface area contributed by atoms with E-state index in [1.807, 2.05) is 49.4 Å². The Bertz CT molecular complexity index is 1750. The maximum atomic E-state index is 13.2. The third kappa shape index (κ3) is 6.45. The quantitative estimate of drug-likeness (QED) is 0.256. The zero-order valence-corrected chi connectivity index (χ0v) is 25.3. The van der Waals surface area contributed by atoms with Crippen molar-refractivity contribution >= 4 is 28.7 Å². The average molecular weight is 592 g/mol. The Morgan fingerprint density at radius 2 is 1.80 bits per heavy atom. The number of aryl methyl sites for hydroxylation is 2. The number of nitrogens with one attached hydrogen (secondary N) is 1. The van der Waals surface area contributed by atoms with Crippen LogP contribution in [0, 0.1) is 13.8 Å². The number of hydrogen-bond donors (Lipinski definition) is 1. The number of amides is 1. The van der Waals surface area contributed by atoms with E-state index in [2.05, 4.69) is 47.5 Å². The number of rotatable bonds is 7. The Balaban J connectivity index is 1.00. The van der Waals surface area contributed by atoms with E-state index in [0.717, 1.165) is 59.4 Å². The highest BCUT2D eigenvalue weighted by molar-refractivity contribution is 6.00. The van der Waals surface area contributed by atoms with Crippen LogP contribution in [0.15, 0.2) is 88.3 Å². The lowest BCUT2D eigenvalue weighted by molar-refractivity contribution is 0.00841. The zero-order valence-electron chi connectivity index (χ0n) is 25.3. The van der Waals surface area contributed by atoms with E-state index < -0.39 is 0 Å². The largest absolute Gasteiger partial charge is 0.465 e. The van der Waals surface area contributed by atoms with Crippen molar-refractivity contribution in [1.29, 1.82) is 0 Å². The van der Waals surface area contributed by atoms with Crippen LogP contribution in [0.5, 0.6) is 0 Å². The van der Waals surface area contributed by atoms with Gasteiger partial charge in [-0.15, -0.1) is 0 Å². The molecule has 8 nitrogen and oxygen atoms in total. The average Bonchev–Trinajstić information content (AvgIpc) is 3.39. The first kappa shape index (κ1) is 29.4. The number of furan rings is 1. The van der Waals surface area contributed by atoms with E-state index in [4.69, 9.17) is 18.9 Å². The molecule has 1 aromatic heterocycles. The molecule has 1 saturated heterocycles. The number of dihydropyridines is 1. The third-order valence-electron chi connectivity index (χ3n) is 8.34. The Kier molecular flexibility index (Phi) is 8.61. The van der Waals surface area contributed by atoms with Gasteiger partial charge in [-0.2, -0.15) is 0 Å². The van der Waals surface area contributed by atoms with Gasteiger partial charge in [-0.3, -0.25) is 9.79 Å². The van der Waals surface area contributed by atoms with Gasteiger partial charge in [-0.1, -0.05) is 54.1 Å². The van der Waals surface area contributed by atoms with Crippen molar-refractivity contribution in [1.82, 2.24) is 10.2 Å². The fourth-order valence-electron chi connectivity index (χ4n) is 5.85. The molecule has 3 aromatic carbocycles. The Labute approximate surface area is 257 Å². The van der Waals surface area contributed by atoms with Crippen molar-refractivity contribution in [2.24, 2.45) is 4.99 Å². The minimum atomic E-state index is -0.347. The highest BCUT2D eigenvalue weighted by Gasteiger charge is 2.25. The van der Waals surface area contributed by atoms with Gasteiger partial charge in [-0.05, 0) is 73.7 Å². The summed E-state index contributed by atoms with van der Waals surface area (Å²) in [5, 5.41) is 4.01. The molecule has 0 spiro atoms. The lowest BCUT2D eigenvalue weighted by Crippen LogP contribution is -2.43. The summed E-state index contributed by atoms with van der Waals surface area (Å²) in [6.07, 6.45) is 5.92. The van der Waals surface area contributed by atoms with E-state index in [0.29, 0.717) is 30.1 Å². The van der Waals surface area contributed by atoms with Crippen molar-refractivity contribution in [3.05, 3.63) is 107 Å². The van der Waals surface area contributed by atoms with Crippen LogP contribution in [0.25, 0.3) is 22.1 Å². The first-order chi connectivity index (χ1) is 21.4. The molecule has 1 fully saturated rings. The molecule has 1 atom stereocenters. The van der Waals surface area contributed by atoms with E-state index in [9.17, 15) is 9.59 Å². The summed E-state index contributed by atoms with van der Waals surface area (Å²) in [5.74, 6) is 0.687. The van der Waals surface area contributed by atoms with Crippen LogP contribution in [-0.2, 0) is 16.1 Å². The van der Waals surface area contributed by atoms with Gasteiger partial charge in [0.15, 0.2) is 5.76 Å². The maximum Gasteiger partial charge on any atom is 0.337 e. The number of nitrogens with zero attached hydrogens (tertiary/aromatic N) is 2. The molecule has 1 amide bonds. The molecule has 226 valence electrons. The van der Waals surface area contributed by atoms with Crippen LogP contribution >= 0.6 is 0 Å². The van der Waals surface area contributed by atoms with E-state index in [-0.39, 0.29) is 24.0 Å². The van der Waals surface area contributed by atoms with Crippen LogP contribution < -0.4 is 5.32 Å². The number of esters is 1. The topological polar surface area (TPSA) is 93.4 Å². The molecule has 0 radical (unpaired) electrons. The first-order valence-corrected chi connectivity index (χ1v) is 15.1. The van der Waals surface area contributed by atoms with Gasteiger partial charge in [0.05, 0.1) is 38.0 Å². The molecule has 1 unspecified atom stereocenters. The van der Waals surface area contributed by atoms with Gasteiger partial charge >= 0.3 is 5.97 Å². The summed E-state index contributed by atoms with van der Waals surface area (Å²) in [6.45, 7) is 6.63. The molecule has 1 N–H and O–H groups in total. The second kappa shape index (κ2) is 12.9. The number of piperidine rings is 1. The van der Waals surface area contributed by atoms with Crippen LogP contribution in [0.3, 0.4) is 0 Å². The van der Waals surface area contributed by atoms with Gasteiger partial charge in [0.1, 0.15) is 11.4 Å². The molecule has 8 heteroatoms. The summed E-state index contributed by atoms with van der Waals surface area (Å²) < 4.78 is 17.0. The third-order valence-corrected chi connectivity index (χ3v) is 8.34. The second-order valence-corrected chi connectivity index (χ2v) is 11.5. The van der Waals surface area contributed by atoms with Crippen molar-refractivity contribution in [3.63, 3.8) is 0 Å². The van der Waals surface area contributed by atoms with E-state index >= 15 is 0 Å². The molecule has 0 saturated carbocycles. The monoisotopic (exact) mass is 591 g/mol. The number of fused-ring (bicyclic) bond motifs is 1. The summed E-state index contributed by atoms with van der Waals surface area (Å²) >= 11 is 0.